The van der Waals surface area contributed by atoms with Crippen molar-refractivity contribution in [3.8, 4) is 0 Å². The molecule has 0 saturated carbocycles. The predicted molar refractivity (Wildman–Crippen MR) is 58.4 cm³/mol. The maximum Gasteiger partial charge on any atom is 0.0164 e. The van der Waals surface area contributed by atoms with E-state index >= 15 is 0 Å². The Balaban J connectivity index is 0. The molecule has 0 bridgehead atoms. The van der Waals surface area contributed by atoms with Gasteiger partial charge in [-0.3, -0.25) is 0 Å². The molecule has 0 radical (unpaired) electrons. The van der Waals surface area contributed by atoms with E-state index in [4.69, 9.17) is 5.73 Å². The first-order valence-corrected chi connectivity index (χ1v) is 3.99. The first kappa shape index (κ1) is 15.0. The molecule has 1 unspecified atom stereocenters. The molecular weight excluding hydrogens is 195 g/mol. The van der Waals surface area contributed by atoms with Gasteiger partial charge in [-0.25, -0.2) is 0 Å². The summed E-state index contributed by atoms with van der Waals surface area (Å²) in [6.07, 6.45) is 2.28. The summed E-state index contributed by atoms with van der Waals surface area (Å²) in [4.78, 5) is 2.39. The molecule has 1 aliphatic heterocycles. The zero-order valence-corrected chi connectivity index (χ0v) is 9.67. The van der Waals surface area contributed by atoms with Crippen LogP contribution in [0.25, 0.3) is 0 Å². The Bertz CT molecular complexity index is 128. The summed E-state index contributed by atoms with van der Waals surface area (Å²) in [6.45, 7) is 5.66. The second-order valence-corrected chi connectivity index (χ2v) is 3.99. The van der Waals surface area contributed by atoms with Gasteiger partial charge in [0.15, 0.2) is 0 Å². The van der Waals surface area contributed by atoms with Crippen LogP contribution in [0.2, 0.25) is 0 Å². The Morgan fingerprint density at radius 3 is 2.17 bits per heavy atom. The topological polar surface area (TPSA) is 29.3 Å². The average molecular weight is 215 g/mol. The molecule has 1 aliphatic rings. The Kier molecular flexibility index (Phi) is 6.59. The molecule has 0 spiro atoms. The van der Waals surface area contributed by atoms with Gasteiger partial charge < -0.3 is 10.6 Å². The third-order valence-electron chi connectivity index (χ3n) is 2.63. The average Bonchev–Trinajstić information content (AvgIpc) is 1.78. The normalized spacial score (nSPS) is 28.5. The highest BCUT2D eigenvalue weighted by Crippen LogP contribution is 2.24. The fraction of sp³-hybridized carbons (Fsp3) is 1.00. The second kappa shape index (κ2) is 5.28. The molecule has 0 aliphatic carbocycles. The molecule has 0 amide bonds. The van der Waals surface area contributed by atoms with E-state index in [1.54, 1.807) is 0 Å². The second-order valence-electron chi connectivity index (χ2n) is 3.99. The van der Waals surface area contributed by atoms with Crippen LogP contribution in [0.15, 0.2) is 0 Å². The zero-order valence-electron chi connectivity index (χ0n) is 8.04. The van der Waals surface area contributed by atoms with Gasteiger partial charge in [0.1, 0.15) is 0 Å². The summed E-state index contributed by atoms with van der Waals surface area (Å²) in [6, 6.07) is 0.422. The maximum atomic E-state index is 5.85. The van der Waals surface area contributed by atoms with E-state index in [2.05, 4.69) is 25.8 Å². The smallest absolute Gasteiger partial charge is 0.0164 e. The molecule has 1 atom stereocenters. The van der Waals surface area contributed by atoms with Gasteiger partial charge >= 0.3 is 0 Å². The SMILES string of the molecule is CN1CCC(N)CC1(C)C.Cl.Cl. The monoisotopic (exact) mass is 214 g/mol. The number of rotatable bonds is 0. The summed E-state index contributed by atoms with van der Waals surface area (Å²) in [5, 5.41) is 0. The molecule has 1 saturated heterocycles. The van der Waals surface area contributed by atoms with Crippen molar-refractivity contribution in [1.82, 2.24) is 4.90 Å². The fourth-order valence-electron chi connectivity index (χ4n) is 1.56. The number of halogens is 2. The lowest BCUT2D eigenvalue weighted by Crippen LogP contribution is -2.51. The van der Waals surface area contributed by atoms with Gasteiger partial charge in [0.2, 0.25) is 0 Å². The van der Waals surface area contributed by atoms with Gasteiger partial charge in [-0.1, -0.05) is 0 Å². The van der Waals surface area contributed by atoms with Crippen molar-refractivity contribution in [1.29, 1.82) is 0 Å². The minimum atomic E-state index is 0. The van der Waals surface area contributed by atoms with E-state index in [0.29, 0.717) is 11.6 Å². The summed E-state index contributed by atoms with van der Waals surface area (Å²) >= 11 is 0. The molecule has 0 aromatic carbocycles. The molecule has 2 nitrogen and oxygen atoms in total. The van der Waals surface area contributed by atoms with Crippen molar-refractivity contribution >= 4 is 24.8 Å². The molecule has 1 rings (SSSR count). The van der Waals surface area contributed by atoms with Crippen molar-refractivity contribution in [3.63, 3.8) is 0 Å². The van der Waals surface area contributed by atoms with Crippen LogP contribution in [0.3, 0.4) is 0 Å². The molecular formula is C8H20Cl2N2. The first-order valence-electron chi connectivity index (χ1n) is 3.99. The van der Waals surface area contributed by atoms with Crippen LogP contribution in [0.1, 0.15) is 26.7 Å². The van der Waals surface area contributed by atoms with Gasteiger partial charge in [0, 0.05) is 11.6 Å². The third-order valence-corrected chi connectivity index (χ3v) is 2.63. The number of nitrogens with zero attached hydrogens (tertiary/aromatic N) is 1. The summed E-state index contributed by atoms with van der Waals surface area (Å²) in [5.74, 6) is 0. The number of nitrogens with two attached hydrogens (primary N) is 1. The Labute approximate surface area is 87.7 Å². The largest absolute Gasteiger partial charge is 0.328 e. The van der Waals surface area contributed by atoms with Crippen LogP contribution in [0, 0.1) is 0 Å². The summed E-state index contributed by atoms with van der Waals surface area (Å²) in [7, 11) is 2.17. The Morgan fingerprint density at radius 1 is 1.33 bits per heavy atom. The van der Waals surface area contributed by atoms with Crippen LogP contribution >= 0.6 is 24.8 Å². The van der Waals surface area contributed by atoms with E-state index < -0.39 is 0 Å². The first-order chi connectivity index (χ1) is 4.52. The number of likely N-dealkylation sites (tertiary alicyclic amines) is 1. The van der Waals surface area contributed by atoms with Crippen molar-refractivity contribution in [2.24, 2.45) is 5.73 Å². The predicted octanol–water partition coefficient (Wildman–Crippen LogP) is 1.66. The van der Waals surface area contributed by atoms with Gasteiger partial charge in [-0.2, -0.15) is 0 Å². The third kappa shape index (κ3) is 3.48. The standard InChI is InChI=1S/C8H18N2.2ClH/c1-8(2)6-7(9)4-5-10(8)3;;/h7H,4-6,9H2,1-3H3;2*1H. The number of piperidine rings is 1. The quantitative estimate of drug-likeness (QED) is 0.665. The minimum absolute atomic E-state index is 0. The van der Waals surface area contributed by atoms with Crippen LogP contribution in [-0.4, -0.2) is 30.1 Å². The van der Waals surface area contributed by atoms with Crippen molar-refractivity contribution in [3.05, 3.63) is 0 Å². The van der Waals surface area contributed by atoms with Crippen LogP contribution in [-0.2, 0) is 0 Å². The lowest BCUT2D eigenvalue weighted by molar-refractivity contribution is 0.0957. The van der Waals surface area contributed by atoms with Gasteiger partial charge in [-0.15, -0.1) is 24.8 Å². The van der Waals surface area contributed by atoms with Crippen LogP contribution in [0.4, 0.5) is 0 Å². The van der Waals surface area contributed by atoms with E-state index in [9.17, 15) is 0 Å². The van der Waals surface area contributed by atoms with Gasteiger partial charge in [0.25, 0.3) is 0 Å². The fourth-order valence-corrected chi connectivity index (χ4v) is 1.56. The van der Waals surface area contributed by atoms with Crippen molar-refractivity contribution in [2.75, 3.05) is 13.6 Å². The van der Waals surface area contributed by atoms with E-state index in [1.165, 1.54) is 0 Å². The molecule has 1 heterocycles. The Morgan fingerprint density at radius 2 is 1.83 bits per heavy atom. The van der Waals surface area contributed by atoms with E-state index in [1.807, 2.05) is 0 Å². The molecule has 12 heavy (non-hydrogen) atoms. The highest BCUT2D eigenvalue weighted by Gasteiger charge is 2.30. The molecule has 2 N–H and O–H groups in total. The summed E-state index contributed by atoms with van der Waals surface area (Å²) < 4.78 is 0. The lowest BCUT2D eigenvalue weighted by Gasteiger charge is -2.42. The molecule has 0 aromatic rings. The zero-order chi connectivity index (χ0) is 7.78. The van der Waals surface area contributed by atoms with E-state index in [0.717, 1.165) is 19.4 Å². The lowest BCUT2D eigenvalue weighted by atomic mass is 9.88. The highest BCUT2D eigenvalue weighted by molar-refractivity contribution is 5.85. The number of hydrogen-bond donors (Lipinski definition) is 1. The highest BCUT2D eigenvalue weighted by atomic mass is 35.5. The van der Waals surface area contributed by atoms with Crippen LogP contribution in [0.5, 0.6) is 0 Å². The minimum Gasteiger partial charge on any atom is -0.328 e. The van der Waals surface area contributed by atoms with Gasteiger partial charge in [-0.05, 0) is 40.3 Å². The van der Waals surface area contributed by atoms with Crippen LogP contribution < -0.4 is 5.73 Å². The molecule has 1 fully saturated rings. The van der Waals surface area contributed by atoms with Crippen molar-refractivity contribution < 1.29 is 0 Å². The maximum absolute atomic E-state index is 5.85. The molecule has 76 valence electrons. The Hall–Kier alpha value is 0.500. The molecule has 0 aromatic heterocycles. The van der Waals surface area contributed by atoms with Crippen molar-refractivity contribution in [2.45, 2.75) is 38.3 Å². The number of hydrogen-bond acceptors (Lipinski definition) is 2. The summed E-state index contributed by atoms with van der Waals surface area (Å²) in [5.41, 5.74) is 6.16. The van der Waals surface area contributed by atoms with E-state index in [-0.39, 0.29) is 24.8 Å². The van der Waals surface area contributed by atoms with Gasteiger partial charge in [0.05, 0.1) is 0 Å². The molecule has 4 heteroatoms.